The average Bonchev–Trinajstić information content (AvgIpc) is 3.47. The summed E-state index contributed by atoms with van der Waals surface area (Å²) < 4.78 is 10.3. The largest absolute Gasteiger partial charge is 0.481 e. The minimum atomic E-state index is -1.03. The molecule has 3 atom stereocenters. The normalized spacial score (nSPS) is 19.2. The van der Waals surface area contributed by atoms with Gasteiger partial charge in [-0.2, -0.15) is 0 Å². The number of cyclic esters (lactones) is 2. The van der Waals surface area contributed by atoms with Crippen molar-refractivity contribution in [3.8, 4) is 0 Å². The second-order valence-corrected chi connectivity index (χ2v) is 13.2. The zero-order valence-electron chi connectivity index (χ0n) is 29.3. The average molecular weight is 649 g/mol. The molecule has 0 bridgehead atoms. The molecule has 8 nitrogen and oxygen atoms in total. The molecule has 0 aromatic rings. The summed E-state index contributed by atoms with van der Waals surface area (Å²) in [6.45, 7) is 9.55. The molecular weight excluding hydrogens is 584 g/mol. The van der Waals surface area contributed by atoms with Gasteiger partial charge in [0.15, 0.2) is 0 Å². The van der Waals surface area contributed by atoms with Gasteiger partial charge in [-0.3, -0.25) is 4.79 Å². The van der Waals surface area contributed by atoms with E-state index in [4.69, 9.17) is 19.7 Å². The third-order valence-electron chi connectivity index (χ3n) is 9.21. The Balaban J connectivity index is 0.000000460. The quantitative estimate of drug-likeness (QED) is 0.0539. The molecule has 2 N–H and O–H groups in total. The Morgan fingerprint density at radius 3 is 1.39 bits per heavy atom. The Labute approximate surface area is 278 Å². The summed E-state index contributed by atoms with van der Waals surface area (Å²) in [4.78, 5) is 45.2. The first-order valence-corrected chi connectivity index (χ1v) is 18.4. The van der Waals surface area contributed by atoms with Crippen molar-refractivity contribution in [3.63, 3.8) is 0 Å². The lowest BCUT2D eigenvalue weighted by atomic mass is 9.93. The van der Waals surface area contributed by atoms with E-state index in [1.54, 1.807) is 0 Å². The number of carbonyl (C=O) groups is 4. The zero-order chi connectivity index (χ0) is 34.2. The summed E-state index contributed by atoms with van der Waals surface area (Å²) in [5.74, 6) is -3.91. The van der Waals surface area contributed by atoms with E-state index in [1.807, 2.05) is 0 Å². The highest BCUT2D eigenvalue weighted by Crippen LogP contribution is 2.30. The lowest BCUT2D eigenvalue weighted by molar-refractivity contribution is -0.145. The number of unbranched alkanes of at least 4 members (excludes halogenated alkanes) is 20. The maximum atomic E-state index is 11.5. The first-order chi connectivity index (χ1) is 22.1. The fourth-order valence-corrected chi connectivity index (χ4v) is 6.30. The number of ether oxygens (including phenoxy) is 2. The topological polar surface area (TPSA) is 127 Å². The Morgan fingerprint density at radius 1 is 0.609 bits per heavy atom. The molecule has 0 amide bonds. The fourth-order valence-electron chi connectivity index (χ4n) is 6.30. The number of aliphatic carboxylic acids is 2. The summed E-state index contributed by atoms with van der Waals surface area (Å²) in [5.41, 5.74) is 0.498. The van der Waals surface area contributed by atoms with Gasteiger partial charge in [0.25, 0.3) is 0 Å². The Bertz CT molecular complexity index is 952. The molecule has 0 aliphatic carbocycles. The molecule has 0 spiro atoms. The van der Waals surface area contributed by atoms with Crippen molar-refractivity contribution in [2.45, 2.75) is 187 Å². The molecule has 264 valence electrons. The lowest BCUT2D eigenvalue weighted by Gasteiger charge is -2.13. The van der Waals surface area contributed by atoms with Crippen LogP contribution in [0.3, 0.4) is 0 Å². The van der Waals surface area contributed by atoms with Gasteiger partial charge >= 0.3 is 23.9 Å². The van der Waals surface area contributed by atoms with Gasteiger partial charge in [-0.15, -0.1) is 0 Å². The van der Waals surface area contributed by atoms with Crippen LogP contribution in [-0.2, 0) is 28.7 Å². The zero-order valence-corrected chi connectivity index (χ0v) is 29.3. The Kier molecular flexibility index (Phi) is 22.9. The number of hydrogen-bond acceptors (Lipinski definition) is 6. The number of carboxylic acid groups (broad SMARTS) is 2. The molecule has 2 rings (SSSR count). The molecular formula is C38H64O8. The number of rotatable bonds is 26. The van der Waals surface area contributed by atoms with E-state index < -0.39 is 42.0 Å². The van der Waals surface area contributed by atoms with E-state index in [0.29, 0.717) is 12.8 Å². The van der Waals surface area contributed by atoms with Crippen molar-refractivity contribution in [1.29, 1.82) is 0 Å². The van der Waals surface area contributed by atoms with E-state index >= 15 is 0 Å². The van der Waals surface area contributed by atoms with Crippen molar-refractivity contribution in [3.05, 3.63) is 23.3 Å². The molecule has 0 aromatic carbocycles. The van der Waals surface area contributed by atoms with Gasteiger partial charge in [0.2, 0.25) is 0 Å². The summed E-state index contributed by atoms with van der Waals surface area (Å²) in [6.07, 6.45) is 27.7. The number of carbonyl (C=O) groups excluding carboxylic acids is 2. The molecule has 2 heterocycles. The van der Waals surface area contributed by atoms with Crippen LogP contribution >= 0.6 is 0 Å². The highest BCUT2D eigenvalue weighted by atomic mass is 16.6. The SMILES string of the molecule is C=C1C(=O)O[C@H](CCCCCCCCCCCCC)[C@H]1C(=O)O.CCCCCCCCCCCCC[C@H]1OC(=O)C(C)=C1C(=O)O. The second-order valence-electron chi connectivity index (χ2n) is 13.2. The lowest BCUT2D eigenvalue weighted by Crippen LogP contribution is -2.24. The van der Waals surface area contributed by atoms with Gasteiger partial charge in [0.1, 0.15) is 18.1 Å². The van der Waals surface area contributed by atoms with Gasteiger partial charge in [-0.05, 0) is 32.6 Å². The van der Waals surface area contributed by atoms with Crippen LogP contribution in [0, 0.1) is 5.92 Å². The van der Waals surface area contributed by atoms with Crippen LogP contribution in [0.15, 0.2) is 23.3 Å². The molecule has 0 aromatic heterocycles. The maximum Gasteiger partial charge on any atom is 0.335 e. The predicted molar refractivity (Wildman–Crippen MR) is 183 cm³/mol. The third-order valence-corrected chi connectivity index (χ3v) is 9.21. The van der Waals surface area contributed by atoms with Gasteiger partial charge < -0.3 is 19.7 Å². The molecule has 0 radical (unpaired) electrons. The van der Waals surface area contributed by atoms with E-state index in [1.165, 1.54) is 122 Å². The van der Waals surface area contributed by atoms with Crippen LogP contribution in [0.5, 0.6) is 0 Å². The molecule has 0 saturated carbocycles. The van der Waals surface area contributed by atoms with E-state index in [0.717, 1.165) is 25.7 Å². The fraction of sp³-hybridized carbons (Fsp3) is 0.789. The third kappa shape index (κ3) is 16.8. The number of carboxylic acids is 2. The molecule has 1 saturated heterocycles. The number of esters is 2. The molecule has 2 aliphatic rings. The highest BCUT2D eigenvalue weighted by molar-refractivity contribution is 6.03. The molecule has 1 fully saturated rings. The Morgan fingerprint density at radius 2 is 1.00 bits per heavy atom. The van der Waals surface area contributed by atoms with Crippen LogP contribution in [0.1, 0.15) is 175 Å². The summed E-state index contributed by atoms with van der Waals surface area (Å²) >= 11 is 0. The smallest absolute Gasteiger partial charge is 0.335 e. The molecule has 8 heteroatoms. The first-order valence-electron chi connectivity index (χ1n) is 18.4. The van der Waals surface area contributed by atoms with Gasteiger partial charge in [0.05, 0.1) is 5.57 Å². The summed E-state index contributed by atoms with van der Waals surface area (Å²) in [6, 6.07) is 0. The Hall–Kier alpha value is -2.64. The highest BCUT2D eigenvalue weighted by Gasteiger charge is 2.43. The summed E-state index contributed by atoms with van der Waals surface area (Å²) in [7, 11) is 0. The summed E-state index contributed by atoms with van der Waals surface area (Å²) in [5, 5.41) is 18.3. The minimum absolute atomic E-state index is 0.0885. The molecule has 0 unspecified atom stereocenters. The van der Waals surface area contributed by atoms with Crippen molar-refractivity contribution in [2.75, 3.05) is 0 Å². The number of hydrogen-bond donors (Lipinski definition) is 2. The van der Waals surface area contributed by atoms with E-state index in [-0.39, 0.29) is 16.7 Å². The van der Waals surface area contributed by atoms with Gasteiger partial charge in [-0.1, -0.05) is 149 Å². The van der Waals surface area contributed by atoms with Crippen molar-refractivity contribution < 1.29 is 38.9 Å². The van der Waals surface area contributed by atoms with Crippen LogP contribution in [0.2, 0.25) is 0 Å². The van der Waals surface area contributed by atoms with Crippen molar-refractivity contribution >= 4 is 23.9 Å². The second kappa shape index (κ2) is 25.4. The van der Waals surface area contributed by atoms with Gasteiger partial charge in [0, 0.05) is 11.1 Å². The van der Waals surface area contributed by atoms with Crippen LogP contribution in [-0.4, -0.2) is 46.3 Å². The van der Waals surface area contributed by atoms with Crippen LogP contribution < -0.4 is 0 Å². The predicted octanol–water partition coefficient (Wildman–Crippen LogP) is 9.88. The molecule has 2 aliphatic heterocycles. The van der Waals surface area contributed by atoms with E-state index in [9.17, 15) is 19.2 Å². The van der Waals surface area contributed by atoms with Gasteiger partial charge in [-0.25, -0.2) is 14.4 Å². The van der Waals surface area contributed by atoms with Crippen molar-refractivity contribution in [2.24, 2.45) is 5.92 Å². The standard InChI is InChI=1S/2C19H32O4/c2*1-3-4-5-6-7-8-9-10-11-12-13-14-16-17(18(20)21)15(2)19(22)23-16/h16H,3-14H2,1-2H3,(H,20,21);16-17H,2-14H2,1H3,(H,20,21)/t16-;16-,17+/m11/s1. The van der Waals surface area contributed by atoms with Crippen LogP contribution in [0.4, 0.5) is 0 Å². The minimum Gasteiger partial charge on any atom is -0.481 e. The van der Waals surface area contributed by atoms with E-state index in [2.05, 4.69) is 20.4 Å². The molecule has 46 heavy (non-hydrogen) atoms. The first kappa shape index (κ1) is 41.4. The van der Waals surface area contributed by atoms with Crippen molar-refractivity contribution in [1.82, 2.24) is 0 Å². The van der Waals surface area contributed by atoms with Crippen LogP contribution in [0.25, 0.3) is 0 Å². The maximum absolute atomic E-state index is 11.5. The monoisotopic (exact) mass is 648 g/mol.